The molecule has 20 heavy (non-hydrogen) atoms. The lowest BCUT2D eigenvalue weighted by molar-refractivity contribution is 0.413. The quantitative estimate of drug-likeness (QED) is 0.877. The Kier molecular flexibility index (Phi) is 4.74. The standard InChI is InChI=1S/C15H22N4O/c1-11(2)9-19-15(17-10-18-19)8-14(16)12-5-4-6-13(7-12)20-3/h4-7,10-11,14H,8-9,16H2,1-3H3. The van der Waals surface area contributed by atoms with Gasteiger partial charge in [-0.2, -0.15) is 5.10 Å². The Balaban J connectivity index is 2.11. The van der Waals surface area contributed by atoms with Crippen LogP contribution in [0.3, 0.4) is 0 Å². The van der Waals surface area contributed by atoms with Gasteiger partial charge in [0.05, 0.1) is 7.11 Å². The van der Waals surface area contributed by atoms with E-state index < -0.39 is 0 Å². The van der Waals surface area contributed by atoms with Crippen molar-refractivity contribution in [3.8, 4) is 5.75 Å². The third kappa shape index (κ3) is 3.57. The zero-order valence-corrected chi connectivity index (χ0v) is 12.3. The first-order valence-electron chi connectivity index (χ1n) is 6.86. The summed E-state index contributed by atoms with van der Waals surface area (Å²) >= 11 is 0. The Labute approximate surface area is 119 Å². The number of benzene rings is 1. The molecule has 0 aliphatic heterocycles. The fourth-order valence-corrected chi connectivity index (χ4v) is 2.13. The van der Waals surface area contributed by atoms with Crippen LogP contribution >= 0.6 is 0 Å². The van der Waals surface area contributed by atoms with E-state index in [2.05, 4.69) is 23.9 Å². The summed E-state index contributed by atoms with van der Waals surface area (Å²) in [4.78, 5) is 4.32. The molecule has 5 heteroatoms. The van der Waals surface area contributed by atoms with Crippen LogP contribution < -0.4 is 10.5 Å². The van der Waals surface area contributed by atoms with E-state index in [0.717, 1.165) is 23.7 Å². The van der Waals surface area contributed by atoms with E-state index in [1.165, 1.54) is 0 Å². The molecule has 0 aliphatic rings. The minimum atomic E-state index is -0.111. The Morgan fingerprint density at radius 3 is 2.85 bits per heavy atom. The molecule has 1 heterocycles. The number of aromatic nitrogens is 3. The third-order valence-electron chi connectivity index (χ3n) is 3.16. The molecule has 0 aliphatic carbocycles. The second kappa shape index (κ2) is 6.52. The van der Waals surface area contributed by atoms with Crippen molar-refractivity contribution in [1.82, 2.24) is 14.8 Å². The summed E-state index contributed by atoms with van der Waals surface area (Å²) < 4.78 is 7.16. The number of hydrogen-bond acceptors (Lipinski definition) is 4. The van der Waals surface area contributed by atoms with Crippen LogP contribution in [0.1, 0.15) is 31.3 Å². The van der Waals surface area contributed by atoms with Gasteiger partial charge in [-0.1, -0.05) is 26.0 Å². The van der Waals surface area contributed by atoms with Crippen molar-refractivity contribution in [3.05, 3.63) is 42.0 Å². The van der Waals surface area contributed by atoms with E-state index >= 15 is 0 Å². The van der Waals surface area contributed by atoms with E-state index in [1.807, 2.05) is 28.9 Å². The number of ether oxygens (including phenoxy) is 1. The highest BCUT2D eigenvalue weighted by Gasteiger charge is 2.13. The Hall–Kier alpha value is -1.88. The minimum Gasteiger partial charge on any atom is -0.497 e. The fourth-order valence-electron chi connectivity index (χ4n) is 2.13. The molecule has 0 saturated heterocycles. The van der Waals surface area contributed by atoms with Crippen molar-refractivity contribution < 1.29 is 4.74 Å². The van der Waals surface area contributed by atoms with Crippen molar-refractivity contribution in [2.24, 2.45) is 11.7 Å². The van der Waals surface area contributed by atoms with Gasteiger partial charge >= 0.3 is 0 Å². The summed E-state index contributed by atoms with van der Waals surface area (Å²) in [6.07, 6.45) is 2.26. The van der Waals surface area contributed by atoms with Crippen LogP contribution in [-0.4, -0.2) is 21.9 Å². The third-order valence-corrected chi connectivity index (χ3v) is 3.16. The van der Waals surface area contributed by atoms with E-state index in [4.69, 9.17) is 10.5 Å². The van der Waals surface area contributed by atoms with Crippen molar-refractivity contribution in [2.45, 2.75) is 32.9 Å². The van der Waals surface area contributed by atoms with Crippen LogP contribution in [0.15, 0.2) is 30.6 Å². The topological polar surface area (TPSA) is 66.0 Å². The predicted octanol–water partition coefficient (Wildman–Crippen LogP) is 2.19. The number of nitrogens with zero attached hydrogens (tertiary/aromatic N) is 3. The number of rotatable bonds is 6. The van der Waals surface area contributed by atoms with Crippen LogP contribution in [0.25, 0.3) is 0 Å². The van der Waals surface area contributed by atoms with E-state index in [9.17, 15) is 0 Å². The molecule has 108 valence electrons. The fraction of sp³-hybridized carbons (Fsp3) is 0.467. The molecule has 1 unspecified atom stereocenters. The number of nitrogens with two attached hydrogens (primary N) is 1. The van der Waals surface area contributed by atoms with Gasteiger partial charge in [0.25, 0.3) is 0 Å². The maximum absolute atomic E-state index is 6.27. The van der Waals surface area contributed by atoms with Gasteiger partial charge in [-0.05, 0) is 23.6 Å². The van der Waals surface area contributed by atoms with Gasteiger partial charge in [0.15, 0.2) is 0 Å². The lowest BCUT2D eigenvalue weighted by atomic mass is 10.0. The average Bonchev–Trinajstić information content (AvgIpc) is 2.85. The lowest BCUT2D eigenvalue weighted by Gasteiger charge is -2.14. The minimum absolute atomic E-state index is 0.111. The highest BCUT2D eigenvalue weighted by molar-refractivity contribution is 5.30. The summed E-state index contributed by atoms with van der Waals surface area (Å²) in [6, 6.07) is 7.73. The monoisotopic (exact) mass is 274 g/mol. The molecule has 1 aromatic heterocycles. The van der Waals surface area contributed by atoms with Gasteiger partial charge in [-0.15, -0.1) is 0 Å². The zero-order valence-electron chi connectivity index (χ0n) is 12.3. The summed E-state index contributed by atoms with van der Waals surface area (Å²) in [5.41, 5.74) is 7.32. The first-order chi connectivity index (χ1) is 9.60. The van der Waals surface area contributed by atoms with E-state index in [1.54, 1.807) is 13.4 Å². The first kappa shape index (κ1) is 14.5. The van der Waals surface area contributed by atoms with Gasteiger partial charge in [0.2, 0.25) is 0 Å². The smallest absolute Gasteiger partial charge is 0.138 e. The van der Waals surface area contributed by atoms with Crippen molar-refractivity contribution in [3.63, 3.8) is 0 Å². The molecule has 0 spiro atoms. The Bertz CT molecular complexity index is 550. The second-order valence-electron chi connectivity index (χ2n) is 5.34. The average molecular weight is 274 g/mol. The van der Waals surface area contributed by atoms with Gasteiger partial charge in [-0.3, -0.25) is 0 Å². The van der Waals surface area contributed by atoms with Crippen molar-refractivity contribution in [1.29, 1.82) is 0 Å². The molecule has 2 N–H and O–H groups in total. The maximum atomic E-state index is 6.27. The predicted molar refractivity (Wildman–Crippen MR) is 78.5 cm³/mol. The molecule has 0 saturated carbocycles. The molecule has 2 rings (SSSR count). The van der Waals surface area contributed by atoms with E-state index in [-0.39, 0.29) is 6.04 Å². The van der Waals surface area contributed by atoms with Gasteiger partial charge in [0, 0.05) is 19.0 Å². The molecular weight excluding hydrogens is 252 g/mol. The van der Waals surface area contributed by atoms with Crippen LogP contribution in [0.2, 0.25) is 0 Å². The summed E-state index contributed by atoms with van der Waals surface area (Å²) in [6.45, 7) is 5.18. The van der Waals surface area contributed by atoms with E-state index in [0.29, 0.717) is 12.3 Å². The number of methoxy groups -OCH3 is 1. The molecule has 0 bridgehead atoms. The Morgan fingerprint density at radius 1 is 1.35 bits per heavy atom. The lowest BCUT2D eigenvalue weighted by Crippen LogP contribution is -2.18. The van der Waals surface area contributed by atoms with Crippen molar-refractivity contribution in [2.75, 3.05) is 7.11 Å². The normalized spacial score (nSPS) is 12.7. The maximum Gasteiger partial charge on any atom is 0.138 e. The van der Waals surface area contributed by atoms with Crippen LogP contribution in [0, 0.1) is 5.92 Å². The molecule has 1 aromatic carbocycles. The highest BCUT2D eigenvalue weighted by atomic mass is 16.5. The van der Waals surface area contributed by atoms with Gasteiger partial charge in [-0.25, -0.2) is 9.67 Å². The molecule has 0 amide bonds. The molecule has 5 nitrogen and oxygen atoms in total. The summed E-state index contributed by atoms with van der Waals surface area (Å²) in [7, 11) is 1.66. The highest BCUT2D eigenvalue weighted by Crippen LogP contribution is 2.20. The van der Waals surface area contributed by atoms with Gasteiger partial charge < -0.3 is 10.5 Å². The molecule has 2 aromatic rings. The molecule has 0 fully saturated rings. The van der Waals surface area contributed by atoms with Crippen LogP contribution in [0.5, 0.6) is 5.75 Å². The first-order valence-corrected chi connectivity index (χ1v) is 6.86. The molecule has 1 atom stereocenters. The molecule has 0 radical (unpaired) electrons. The summed E-state index contributed by atoms with van der Waals surface area (Å²) in [5.74, 6) is 2.28. The molecular formula is C15H22N4O. The van der Waals surface area contributed by atoms with Crippen LogP contribution in [0.4, 0.5) is 0 Å². The second-order valence-corrected chi connectivity index (χ2v) is 5.34. The largest absolute Gasteiger partial charge is 0.497 e. The van der Waals surface area contributed by atoms with Gasteiger partial charge in [0.1, 0.15) is 17.9 Å². The number of hydrogen-bond donors (Lipinski definition) is 1. The summed E-state index contributed by atoms with van der Waals surface area (Å²) in [5, 5.41) is 4.26. The SMILES string of the molecule is COc1cccc(C(N)Cc2ncnn2CC(C)C)c1. The zero-order chi connectivity index (χ0) is 14.5. The Morgan fingerprint density at radius 2 is 2.15 bits per heavy atom. The van der Waals surface area contributed by atoms with Crippen molar-refractivity contribution >= 4 is 0 Å². The van der Waals surface area contributed by atoms with Crippen LogP contribution in [-0.2, 0) is 13.0 Å².